The van der Waals surface area contributed by atoms with Gasteiger partial charge in [-0.2, -0.15) is 0 Å². The maximum absolute atomic E-state index is 11.1. The molecule has 146 valence electrons. The zero-order valence-electron chi connectivity index (χ0n) is 16.0. The van der Waals surface area contributed by atoms with Gasteiger partial charge in [0.25, 0.3) is 0 Å². The molecule has 30 heavy (non-hydrogen) atoms. The third-order valence-corrected chi connectivity index (χ3v) is 7.08. The van der Waals surface area contributed by atoms with Gasteiger partial charge >= 0.3 is 0 Å². The number of rotatable bonds is 3. The molecule has 0 aliphatic carbocycles. The number of fused-ring (bicyclic) bond motifs is 2. The summed E-state index contributed by atoms with van der Waals surface area (Å²) < 4.78 is 2.00. The molecule has 0 unspecified atom stereocenters. The van der Waals surface area contributed by atoms with Crippen molar-refractivity contribution < 1.29 is 5.11 Å². The maximum Gasteiger partial charge on any atom is 0.133 e. The Morgan fingerprint density at radius 2 is 1.07 bits per heavy atom. The molecule has 0 bridgehead atoms. The van der Waals surface area contributed by atoms with Crippen molar-refractivity contribution in [1.29, 1.82) is 0 Å². The molecule has 0 radical (unpaired) electrons. The van der Waals surface area contributed by atoms with Gasteiger partial charge in [-0.25, -0.2) is 0 Å². The number of halogens is 2. The monoisotopic (exact) mass is 612 g/mol. The van der Waals surface area contributed by atoms with Crippen LogP contribution in [0.25, 0.3) is 21.5 Å². The van der Waals surface area contributed by atoms with Crippen molar-refractivity contribution in [3.8, 4) is 5.75 Å². The highest BCUT2D eigenvalue weighted by Gasteiger charge is 2.25. The predicted molar refractivity (Wildman–Crippen MR) is 142 cm³/mol. The molecule has 0 saturated heterocycles. The van der Waals surface area contributed by atoms with Crippen LogP contribution in [-0.4, -0.2) is 5.11 Å². The van der Waals surface area contributed by atoms with E-state index < -0.39 is 0 Å². The van der Waals surface area contributed by atoms with E-state index >= 15 is 0 Å². The largest absolute Gasteiger partial charge is 0.507 e. The van der Waals surface area contributed by atoms with Crippen LogP contribution in [0.3, 0.4) is 0 Å². The normalized spacial score (nSPS) is 11.4. The first kappa shape index (κ1) is 19.8. The van der Waals surface area contributed by atoms with Crippen LogP contribution in [0.5, 0.6) is 5.75 Å². The highest BCUT2D eigenvalue weighted by atomic mass is 127. The zero-order chi connectivity index (χ0) is 20.7. The molecule has 0 saturated carbocycles. The Kier molecular flexibility index (Phi) is 5.41. The molecule has 0 aromatic heterocycles. The van der Waals surface area contributed by atoms with E-state index in [0.29, 0.717) is 5.75 Å². The Balaban J connectivity index is 1.90. The molecule has 0 heterocycles. The van der Waals surface area contributed by atoms with E-state index in [-0.39, 0.29) is 5.92 Å². The Labute approximate surface area is 203 Å². The van der Waals surface area contributed by atoms with Gasteiger partial charge in [0.05, 0.1) is 3.57 Å². The van der Waals surface area contributed by atoms with E-state index in [1.54, 1.807) is 0 Å². The van der Waals surface area contributed by atoms with Gasteiger partial charge in [-0.3, -0.25) is 0 Å². The summed E-state index contributed by atoms with van der Waals surface area (Å²) in [5.41, 5.74) is 3.36. The highest BCUT2D eigenvalue weighted by molar-refractivity contribution is 14.1. The van der Waals surface area contributed by atoms with Crippen LogP contribution >= 0.6 is 45.2 Å². The summed E-state index contributed by atoms with van der Waals surface area (Å²) in [6.45, 7) is 0. The van der Waals surface area contributed by atoms with Crippen molar-refractivity contribution in [2.24, 2.45) is 0 Å². The smallest absolute Gasteiger partial charge is 0.133 e. The Morgan fingerprint density at radius 1 is 0.567 bits per heavy atom. The van der Waals surface area contributed by atoms with Gasteiger partial charge < -0.3 is 5.11 Å². The SMILES string of the molecule is Oc1c(I)cc(I)cc1C(c1cccc2ccccc12)c1cccc2ccccc12. The zero-order valence-corrected chi connectivity index (χ0v) is 20.3. The number of hydrogen-bond donors (Lipinski definition) is 1. The van der Waals surface area contributed by atoms with Crippen molar-refractivity contribution in [3.63, 3.8) is 0 Å². The van der Waals surface area contributed by atoms with Gasteiger partial charge in [0.15, 0.2) is 0 Å². The molecule has 0 spiro atoms. The third-order valence-electron chi connectivity index (χ3n) is 5.64. The van der Waals surface area contributed by atoms with Gasteiger partial charge in [-0.05, 0) is 90.0 Å². The molecular formula is C27H18I2O. The van der Waals surface area contributed by atoms with E-state index in [2.05, 4.69) is 136 Å². The van der Waals surface area contributed by atoms with Gasteiger partial charge in [-0.15, -0.1) is 0 Å². The Morgan fingerprint density at radius 3 is 1.63 bits per heavy atom. The first-order valence-electron chi connectivity index (χ1n) is 9.77. The van der Waals surface area contributed by atoms with Crippen LogP contribution in [0.2, 0.25) is 0 Å². The summed E-state index contributed by atoms with van der Waals surface area (Å²) >= 11 is 4.57. The second kappa shape index (κ2) is 8.19. The molecule has 5 aromatic rings. The molecule has 1 N–H and O–H groups in total. The van der Waals surface area contributed by atoms with Crippen LogP contribution in [0, 0.1) is 7.14 Å². The summed E-state index contributed by atoms with van der Waals surface area (Å²) in [5.74, 6) is 0.285. The van der Waals surface area contributed by atoms with E-state index in [0.717, 1.165) is 12.7 Å². The lowest BCUT2D eigenvalue weighted by atomic mass is 9.80. The molecule has 0 atom stereocenters. The molecule has 0 amide bonds. The lowest BCUT2D eigenvalue weighted by molar-refractivity contribution is 0.463. The van der Waals surface area contributed by atoms with Gasteiger partial charge in [0.1, 0.15) is 5.75 Å². The quantitative estimate of drug-likeness (QED) is 0.161. The molecule has 5 aromatic carbocycles. The van der Waals surface area contributed by atoms with Gasteiger partial charge in [0.2, 0.25) is 0 Å². The number of benzene rings is 5. The van der Waals surface area contributed by atoms with Crippen LogP contribution in [-0.2, 0) is 0 Å². The first-order chi connectivity index (χ1) is 14.6. The van der Waals surface area contributed by atoms with E-state index in [9.17, 15) is 5.11 Å². The van der Waals surface area contributed by atoms with Crippen molar-refractivity contribution >= 4 is 66.7 Å². The fraction of sp³-hybridized carbons (Fsp3) is 0.0370. The minimum atomic E-state index is -0.0783. The predicted octanol–water partition coefficient (Wildman–Crippen LogP) is 8.09. The van der Waals surface area contributed by atoms with Gasteiger partial charge in [-0.1, -0.05) is 84.9 Å². The van der Waals surface area contributed by atoms with Crippen LogP contribution in [0.15, 0.2) is 97.1 Å². The van der Waals surface area contributed by atoms with Crippen molar-refractivity contribution in [3.05, 3.63) is 121 Å². The summed E-state index contributed by atoms with van der Waals surface area (Å²) in [5, 5.41) is 16.0. The molecule has 1 nitrogen and oxygen atoms in total. The molecular weight excluding hydrogens is 594 g/mol. The molecule has 0 aliphatic rings. The van der Waals surface area contributed by atoms with Gasteiger partial charge in [0, 0.05) is 15.1 Å². The molecule has 5 rings (SSSR count). The Hall–Kier alpha value is -2.12. The average Bonchev–Trinajstić information content (AvgIpc) is 2.77. The van der Waals surface area contributed by atoms with Crippen LogP contribution in [0.4, 0.5) is 0 Å². The summed E-state index contributed by atoms with van der Waals surface area (Å²) in [7, 11) is 0. The highest BCUT2D eigenvalue weighted by Crippen LogP contribution is 2.44. The summed E-state index contributed by atoms with van der Waals surface area (Å²) in [4.78, 5) is 0. The minimum absolute atomic E-state index is 0.0783. The standard InChI is InChI=1S/C27H18I2O/c28-19-15-24(27(30)25(29)16-19)26(22-13-5-9-17-7-1-3-11-20(17)22)23-14-6-10-18-8-2-4-12-21(18)23/h1-16,26,30H. The lowest BCUT2D eigenvalue weighted by Gasteiger charge is -2.24. The molecule has 0 fully saturated rings. The number of phenols is 1. The first-order valence-corrected chi connectivity index (χ1v) is 11.9. The van der Waals surface area contributed by atoms with E-state index in [4.69, 9.17) is 0 Å². The second-order valence-electron chi connectivity index (χ2n) is 7.40. The summed E-state index contributed by atoms with van der Waals surface area (Å²) in [6.07, 6.45) is 0. The number of phenolic OH excluding ortho intramolecular Hbond substituents is 1. The van der Waals surface area contributed by atoms with E-state index in [1.165, 1.54) is 32.7 Å². The molecule has 3 heteroatoms. The van der Waals surface area contributed by atoms with Crippen molar-refractivity contribution in [1.82, 2.24) is 0 Å². The van der Waals surface area contributed by atoms with E-state index in [1.807, 2.05) is 6.07 Å². The summed E-state index contributed by atoms with van der Waals surface area (Å²) in [6, 6.07) is 34.0. The van der Waals surface area contributed by atoms with Crippen molar-refractivity contribution in [2.45, 2.75) is 5.92 Å². The lowest BCUT2D eigenvalue weighted by Crippen LogP contribution is -2.06. The van der Waals surface area contributed by atoms with Crippen molar-refractivity contribution in [2.75, 3.05) is 0 Å². The second-order valence-corrected chi connectivity index (χ2v) is 9.80. The third kappa shape index (κ3) is 3.48. The number of hydrogen-bond acceptors (Lipinski definition) is 1. The number of aromatic hydroxyl groups is 1. The Bertz CT molecular complexity index is 1300. The average molecular weight is 612 g/mol. The maximum atomic E-state index is 11.1. The van der Waals surface area contributed by atoms with Crippen LogP contribution < -0.4 is 0 Å². The fourth-order valence-electron chi connectivity index (χ4n) is 4.31. The molecule has 0 aliphatic heterocycles. The topological polar surface area (TPSA) is 20.2 Å². The van der Waals surface area contributed by atoms with Crippen LogP contribution in [0.1, 0.15) is 22.6 Å². The minimum Gasteiger partial charge on any atom is -0.507 e. The fourth-order valence-corrected chi connectivity index (χ4v) is 6.20.